The van der Waals surface area contributed by atoms with Crippen molar-refractivity contribution in [2.45, 2.75) is 58.2 Å². The molecule has 2 N–H and O–H groups in total. The van der Waals surface area contributed by atoms with Gasteiger partial charge in [0.15, 0.2) is 11.5 Å². The molecular formula is C17H27NO3. The van der Waals surface area contributed by atoms with Gasteiger partial charge in [0.2, 0.25) is 0 Å². The second kappa shape index (κ2) is 8.25. The molecule has 0 aliphatic heterocycles. The number of hydrogen-bond acceptors (Lipinski definition) is 4. The molecule has 0 aromatic heterocycles. The molecule has 1 aromatic rings. The van der Waals surface area contributed by atoms with Crippen LogP contribution in [0.5, 0.6) is 11.5 Å². The number of benzene rings is 1. The molecule has 0 bridgehead atoms. The minimum atomic E-state index is -0.0990. The van der Waals surface area contributed by atoms with Crippen LogP contribution in [0.15, 0.2) is 18.2 Å². The van der Waals surface area contributed by atoms with Gasteiger partial charge < -0.3 is 19.9 Å². The van der Waals surface area contributed by atoms with Gasteiger partial charge in [0.1, 0.15) is 0 Å². The third-order valence-corrected chi connectivity index (χ3v) is 3.90. The summed E-state index contributed by atoms with van der Waals surface area (Å²) >= 11 is 0. The van der Waals surface area contributed by atoms with Crippen molar-refractivity contribution in [3.63, 3.8) is 0 Å². The Labute approximate surface area is 127 Å². The first kappa shape index (κ1) is 16.1. The minimum Gasteiger partial charge on any atom is -0.490 e. The molecule has 118 valence electrons. The minimum absolute atomic E-state index is 0.0990. The van der Waals surface area contributed by atoms with E-state index in [2.05, 4.69) is 17.4 Å². The monoisotopic (exact) mass is 293 g/mol. The molecule has 4 nitrogen and oxygen atoms in total. The van der Waals surface area contributed by atoms with Crippen LogP contribution in [0.4, 0.5) is 0 Å². The van der Waals surface area contributed by atoms with Gasteiger partial charge in [-0.15, -0.1) is 0 Å². The zero-order chi connectivity index (χ0) is 15.1. The average molecular weight is 293 g/mol. The Morgan fingerprint density at radius 3 is 2.38 bits per heavy atom. The number of aliphatic hydroxyl groups excluding tert-OH is 1. The largest absolute Gasteiger partial charge is 0.490 e. The number of aliphatic hydroxyl groups is 1. The lowest BCUT2D eigenvalue weighted by Crippen LogP contribution is -2.34. The van der Waals surface area contributed by atoms with Crippen LogP contribution in [0, 0.1) is 0 Å². The van der Waals surface area contributed by atoms with Gasteiger partial charge in [-0.2, -0.15) is 0 Å². The zero-order valence-electron chi connectivity index (χ0n) is 13.1. The van der Waals surface area contributed by atoms with E-state index in [4.69, 9.17) is 9.47 Å². The average Bonchev–Trinajstić information content (AvgIpc) is 2.49. The second-order valence-electron chi connectivity index (χ2n) is 5.53. The van der Waals surface area contributed by atoms with Gasteiger partial charge in [-0.05, 0) is 57.2 Å². The number of rotatable bonds is 7. The molecule has 1 aliphatic rings. The fourth-order valence-electron chi connectivity index (χ4n) is 2.75. The van der Waals surface area contributed by atoms with E-state index in [0.29, 0.717) is 19.3 Å². The predicted octanol–water partition coefficient (Wildman–Crippen LogP) is 2.88. The molecule has 0 amide bonds. The zero-order valence-corrected chi connectivity index (χ0v) is 13.1. The summed E-state index contributed by atoms with van der Waals surface area (Å²) < 4.78 is 11.2. The van der Waals surface area contributed by atoms with E-state index < -0.39 is 0 Å². The summed E-state index contributed by atoms with van der Waals surface area (Å²) in [6, 6.07) is 6.63. The Bertz CT molecular complexity index is 428. The first-order valence-corrected chi connectivity index (χ1v) is 8.02. The Hall–Kier alpha value is -1.26. The van der Waals surface area contributed by atoms with Crippen molar-refractivity contribution in [1.29, 1.82) is 0 Å². The molecule has 4 heteroatoms. The summed E-state index contributed by atoms with van der Waals surface area (Å²) in [5.74, 6) is 1.63. The van der Waals surface area contributed by atoms with Crippen LogP contribution in [0.3, 0.4) is 0 Å². The summed E-state index contributed by atoms with van der Waals surface area (Å²) in [6.45, 7) is 6.06. The first-order valence-electron chi connectivity index (χ1n) is 8.02. The van der Waals surface area contributed by atoms with E-state index in [-0.39, 0.29) is 6.10 Å². The molecule has 21 heavy (non-hydrogen) atoms. The van der Waals surface area contributed by atoms with Gasteiger partial charge in [-0.25, -0.2) is 0 Å². The maximum atomic E-state index is 9.53. The molecule has 2 rings (SSSR count). The lowest BCUT2D eigenvalue weighted by atomic mass is 9.93. The molecule has 0 heterocycles. The first-order chi connectivity index (χ1) is 10.2. The fraction of sp³-hybridized carbons (Fsp3) is 0.647. The van der Waals surface area contributed by atoms with Crippen LogP contribution < -0.4 is 14.8 Å². The van der Waals surface area contributed by atoms with Crippen molar-refractivity contribution < 1.29 is 14.6 Å². The number of nitrogens with one attached hydrogen (secondary N) is 1. The molecule has 0 saturated heterocycles. The van der Waals surface area contributed by atoms with Gasteiger partial charge in [0.05, 0.1) is 19.3 Å². The van der Waals surface area contributed by atoms with E-state index in [1.54, 1.807) is 0 Å². The van der Waals surface area contributed by atoms with Crippen LogP contribution in [0.2, 0.25) is 0 Å². The Morgan fingerprint density at radius 1 is 1.05 bits per heavy atom. The van der Waals surface area contributed by atoms with Crippen LogP contribution in [0.25, 0.3) is 0 Å². The van der Waals surface area contributed by atoms with Crippen LogP contribution >= 0.6 is 0 Å². The normalized spacial score (nSPS) is 22.0. The maximum Gasteiger partial charge on any atom is 0.161 e. The topological polar surface area (TPSA) is 50.7 Å². The van der Waals surface area contributed by atoms with E-state index in [1.807, 2.05) is 19.9 Å². The van der Waals surface area contributed by atoms with Gasteiger partial charge in [-0.1, -0.05) is 6.07 Å². The van der Waals surface area contributed by atoms with E-state index >= 15 is 0 Å². The molecule has 1 saturated carbocycles. The molecule has 1 fully saturated rings. The highest BCUT2D eigenvalue weighted by Crippen LogP contribution is 2.28. The summed E-state index contributed by atoms with van der Waals surface area (Å²) in [5.41, 5.74) is 1.20. The highest BCUT2D eigenvalue weighted by Gasteiger charge is 2.18. The molecule has 1 aliphatic carbocycles. The maximum absolute atomic E-state index is 9.53. The highest BCUT2D eigenvalue weighted by atomic mass is 16.5. The summed E-state index contributed by atoms with van der Waals surface area (Å²) in [5, 5.41) is 13.1. The second-order valence-corrected chi connectivity index (χ2v) is 5.53. The van der Waals surface area contributed by atoms with Crippen LogP contribution in [-0.2, 0) is 6.54 Å². The van der Waals surface area contributed by atoms with E-state index in [0.717, 1.165) is 43.7 Å². The van der Waals surface area contributed by atoms with E-state index in [9.17, 15) is 5.11 Å². The van der Waals surface area contributed by atoms with Crippen molar-refractivity contribution in [2.24, 2.45) is 0 Å². The Morgan fingerprint density at radius 2 is 1.71 bits per heavy atom. The quantitative estimate of drug-likeness (QED) is 0.811. The smallest absolute Gasteiger partial charge is 0.161 e. The van der Waals surface area contributed by atoms with Crippen molar-refractivity contribution in [1.82, 2.24) is 5.32 Å². The van der Waals surface area contributed by atoms with Crippen molar-refractivity contribution in [3.05, 3.63) is 23.8 Å². The standard InChI is InChI=1S/C17H27NO3/c1-3-20-16-10-5-13(11-17(16)21-4-2)12-18-14-6-8-15(19)9-7-14/h5,10-11,14-15,18-19H,3-4,6-9,12H2,1-2H3. The van der Waals surface area contributed by atoms with Crippen LogP contribution in [0.1, 0.15) is 45.1 Å². The van der Waals surface area contributed by atoms with Crippen LogP contribution in [-0.4, -0.2) is 30.5 Å². The molecule has 0 radical (unpaired) electrons. The Balaban J connectivity index is 1.92. The van der Waals surface area contributed by atoms with Gasteiger partial charge in [-0.3, -0.25) is 0 Å². The summed E-state index contributed by atoms with van der Waals surface area (Å²) in [6.07, 6.45) is 3.82. The molecule has 0 spiro atoms. The number of hydrogen-bond donors (Lipinski definition) is 2. The van der Waals surface area contributed by atoms with Crippen molar-refractivity contribution >= 4 is 0 Å². The lowest BCUT2D eigenvalue weighted by molar-refractivity contribution is 0.116. The third-order valence-electron chi connectivity index (χ3n) is 3.90. The lowest BCUT2D eigenvalue weighted by Gasteiger charge is -2.26. The predicted molar refractivity (Wildman–Crippen MR) is 83.9 cm³/mol. The fourth-order valence-corrected chi connectivity index (χ4v) is 2.75. The van der Waals surface area contributed by atoms with E-state index in [1.165, 1.54) is 5.56 Å². The molecule has 1 aromatic carbocycles. The van der Waals surface area contributed by atoms with Crippen molar-refractivity contribution in [3.8, 4) is 11.5 Å². The van der Waals surface area contributed by atoms with Gasteiger partial charge in [0, 0.05) is 12.6 Å². The van der Waals surface area contributed by atoms with Gasteiger partial charge >= 0.3 is 0 Å². The molecular weight excluding hydrogens is 266 g/mol. The third kappa shape index (κ3) is 4.90. The SMILES string of the molecule is CCOc1ccc(CNC2CCC(O)CC2)cc1OCC. The van der Waals surface area contributed by atoms with Gasteiger partial charge in [0.25, 0.3) is 0 Å². The molecule has 0 atom stereocenters. The highest BCUT2D eigenvalue weighted by molar-refractivity contribution is 5.43. The number of ether oxygens (including phenoxy) is 2. The molecule has 0 unspecified atom stereocenters. The summed E-state index contributed by atoms with van der Waals surface area (Å²) in [7, 11) is 0. The van der Waals surface area contributed by atoms with Crippen molar-refractivity contribution in [2.75, 3.05) is 13.2 Å². The summed E-state index contributed by atoms with van der Waals surface area (Å²) in [4.78, 5) is 0. The Kier molecular flexibility index (Phi) is 6.33.